The van der Waals surface area contributed by atoms with Crippen LogP contribution in [0.25, 0.3) is 5.57 Å². The Morgan fingerprint density at radius 2 is 1.67 bits per heavy atom. The Hall–Kier alpha value is -2.15. The Morgan fingerprint density at radius 1 is 1.00 bits per heavy atom. The fourth-order valence-electron chi connectivity index (χ4n) is 1.92. The van der Waals surface area contributed by atoms with E-state index in [1.165, 1.54) is 11.1 Å². The van der Waals surface area contributed by atoms with Crippen molar-refractivity contribution in [1.29, 1.82) is 0 Å². The second kappa shape index (κ2) is 5.97. The van der Waals surface area contributed by atoms with Gasteiger partial charge in [0.2, 0.25) is 0 Å². The van der Waals surface area contributed by atoms with Crippen LogP contribution in [0, 0.1) is 6.92 Å². The third kappa shape index (κ3) is 2.95. The smallest absolute Gasteiger partial charge is 0.150 e. The van der Waals surface area contributed by atoms with Crippen molar-refractivity contribution in [2.75, 3.05) is 0 Å². The molecule has 0 spiro atoms. The zero-order valence-corrected chi connectivity index (χ0v) is 10.5. The molecule has 0 unspecified atom stereocenters. The van der Waals surface area contributed by atoms with Gasteiger partial charge < -0.3 is 0 Å². The van der Waals surface area contributed by atoms with Crippen LogP contribution in [0.2, 0.25) is 0 Å². The van der Waals surface area contributed by atoms with Crippen LogP contribution in [0.1, 0.15) is 16.7 Å². The average molecular weight is 236 g/mol. The van der Waals surface area contributed by atoms with E-state index in [1.54, 1.807) is 0 Å². The minimum Gasteiger partial charge on any atom is -0.298 e. The van der Waals surface area contributed by atoms with Crippen molar-refractivity contribution in [3.63, 3.8) is 0 Å². The lowest BCUT2D eigenvalue weighted by Gasteiger charge is -2.03. The van der Waals surface area contributed by atoms with E-state index in [9.17, 15) is 4.79 Å². The summed E-state index contributed by atoms with van der Waals surface area (Å²) >= 11 is 0. The fraction of sp³-hybridized carbons (Fsp3) is 0.118. The number of aryl methyl sites for hydroxylation is 1. The Bertz CT molecular complexity index is 553. The molecule has 0 atom stereocenters. The zero-order valence-electron chi connectivity index (χ0n) is 10.5. The molecule has 0 N–H and O–H groups in total. The van der Waals surface area contributed by atoms with Gasteiger partial charge in [-0.3, -0.25) is 4.79 Å². The van der Waals surface area contributed by atoms with E-state index in [0.717, 1.165) is 23.8 Å². The molecule has 0 bridgehead atoms. The Labute approximate surface area is 108 Å². The number of hydrogen-bond donors (Lipinski definition) is 0. The number of carbonyl (C=O) groups excluding carboxylic acids is 1. The normalized spacial score (nSPS) is 11.3. The highest BCUT2D eigenvalue weighted by molar-refractivity contribution is 6.06. The van der Waals surface area contributed by atoms with Crippen molar-refractivity contribution in [3.05, 3.63) is 77.4 Å². The molecule has 0 saturated carbocycles. The molecular weight excluding hydrogens is 220 g/mol. The third-order valence-electron chi connectivity index (χ3n) is 3.04. The van der Waals surface area contributed by atoms with E-state index in [0.29, 0.717) is 0 Å². The molecule has 0 amide bonds. The van der Waals surface area contributed by atoms with Crippen LogP contribution in [0.3, 0.4) is 0 Å². The van der Waals surface area contributed by atoms with Crippen LogP contribution in [0.15, 0.2) is 60.7 Å². The first kappa shape index (κ1) is 12.3. The quantitative estimate of drug-likeness (QED) is 0.582. The topological polar surface area (TPSA) is 17.1 Å². The van der Waals surface area contributed by atoms with Crippen LogP contribution >= 0.6 is 0 Å². The first-order valence-corrected chi connectivity index (χ1v) is 6.06. The van der Waals surface area contributed by atoms with Gasteiger partial charge in [-0.1, -0.05) is 60.7 Å². The Morgan fingerprint density at radius 3 is 2.33 bits per heavy atom. The van der Waals surface area contributed by atoms with Crippen molar-refractivity contribution in [2.24, 2.45) is 0 Å². The van der Waals surface area contributed by atoms with Gasteiger partial charge in [-0.2, -0.15) is 0 Å². The lowest BCUT2D eigenvalue weighted by molar-refractivity contribution is -0.103. The molecule has 2 rings (SSSR count). The maximum Gasteiger partial charge on any atom is 0.150 e. The highest BCUT2D eigenvalue weighted by Crippen LogP contribution is 2.14. The van der Waals surface area contributed by atoms with E-state index in [4.69, 9.17) is 0 Å². The largest absolute Gasteiger partial charge is 0.298 e. The van der Waals surface area contributed by atoms with Gasteiger partial charge in [-0.15, -0.1) is 0 Å². The molecule has 1 nitrogen and oxygen atoms in total. The number of rotatable bonds is 4. The maximum absolute atomic E-state index is 11.1. The van der Waals surface area contributed by atoms with Crippen molar-refractivity contribution in [3.8, 4) is 0 Å². The molecule has 0 aliphatic rings. The van der Waals surface area contributed by atoms with Crippen molar-refractivity contribution in [2.45, 2.75) is 13.3 Å². The van der Waals surface area contributed by atoms with Crippen molar-refractivity contribution >= 4 is 11.9 Å². The molecular formula is C17H16O. The van der Waals surface area contributed by atoms with Crippen LogP contribution in [0.4, 0.5) is 0 Å². The van der Waals surface area contributed by atoms with E-state index in [1.807, 2.05) is 48.5 Å². The fourth-order valence-corrected chi connectivity index (χ4v) is 1.92. The first-order chi connectivity index (χ1) is 8.81. The molecule has 0 aromatic heterocycles. The van der Waals surface area contributed by atoms with Gasteiger partial charge >= 0.3 is 0 Å². The van der Waals surface area contributed by atoms with E-state index in [2.05, 4.69) is 19.1 Å². The van der Waals surface area contributed by atoms with Crippen molar-refractivity contribution in [1.82, 2.24) is 0 Å². The molecule has 0 aliphatic heterocycles. The number of hydrogen-bond acceptors (Lipinski definition) is 1. The number of carbonyl (C=O) groups is 1. The summed E-state index contributed by atoms with van der Waals surface area (Å²) in [5.41, 5.74) is 4.24. The first-order valence-electron chi connectivity index (χ1n) is 6.06. The molecule has 0 radical (unpaired) electrons. The number of allylic oxidation sites excluding steroid dienone is 2. The molecule has 0 heterocycles. The summed E-state index contributed by atoms with van der Waals surface area (Å²) in [7, 11) is 0. The Balaban J connectivity index is 2.22. The molecule has 18 heavy (non-hydrogen) atoms. The summed E-state index contributed by atoms with van der Waals surface area (Å²) in [5, 5.41) is 0. The Kier molecular flexibility index (Phi) is 4.08. The lowest BCUT2D eigenvalue weighted by atomic mass is 10.0. The third-order valence-corrected chi connectivity index (χ3v) is 3.04. The minimum absolute atomic E-state index is 0.749. The zero-order chi connectivity index (χ0) is 12.8. The van der Waals surface area contributed by atoms with Crippen LogP contribution in [-0.4, -0.2) is 6.29 Å². The van der Waals surface area contributed by atoms with Crippen molar-refractivity contribution < 1.29 is 4.79 Å². The van der Waals surface area contributed by atoms with Gasteiger partial charge in [0.05, 0.1) is 0 Å². The molecule has 0 aliphatic carbocycles. The monoisotopic (exact) mass is 236 g/mol. The maximum atomic E-state index is 11.1. The number of benzene rings is 2. The molecule has 2 aromatic rings. The standard InChI is InChI=1S/C17H16O/c1-14-7-5-6-8-15(14)11-12-17(13-18)16-9-3-2-4-10-16/h2-10,12-13H,11H2,1H3. The molecule has 1 heteroatoms. The van der Waals surface area contributed by atoms with Crippen LogP contribution < -0.4 is 0 Å². The van der Waals surface area contributed by atoms with Gasteiger partial charge in [0.15, 0.2) is 0 Å². The number of aldehydes is 1. The lowest BCUT2D eigenvalue weighted by Crippen LogP contribution is -1.90. The highest BCUT2D eigenvalue weighted by atomic mass is 16.1. The molecule has 2 aromatic carbocycles. The molecule has 0 fully saturated rings. The average Bonchev–Trinajstić information content (AvgIpc) is 2.42. The minimum atomic E-state index is 0.749. The van der Waals surface area contributed by atoms with Gasteiger partial charge in [0.25, 0.3) is 0 Å². The predicted octanol–water partition coefficient (Wildman–Crippen LogP) is 3.82. The van der Waals surface area contributed by atoms with Crippen LogP contribution in [-0.2, 0) is 11.2 Å². The second-order valence-electron chi connectivity index (χ2n) is 4.27. The van der Waals surface area contributed by atoms with E-state index in [-0.39, 0.29) is 0 Å². The van der Waals surface area contributed by atoms with Gasteiger partial charge in [0.1, 0.15) is 6.29 Å². The summed E-state index contributed by atoms with van der Waals surface area (Å²) in [6, 6.07) is 18.0. The van der Waals surface area contributed by atoms with Gasteiger partial charge in [0, 0.05) is 5.57 Å². The molecule has 90 valence electrons. The van der Waals surface area contributed by atoms with Gasteiger partial charge in [-0.05, 0) is 30.0 Å². The molecule has 0 saturated heterocycles. The SMILES string of the molecule is Cc1ccccc1CC=C(C=O)c1ccccc1. The summed E-state index contributed by atoms with van der Waals surface area (Å²) in [5.74, 6) is 0. The predicted molar refractivity (Wildman–Crippen MR) is 75.4 cm³/mol. The van der Waals surface area contributed by atoms with E-state index < -0.39 is 0 Å². The summed E-state index contributed by atoms with van der Waals surface area (Å²) in [6.45, 7) is 2.09. The second-order valence-corrected chi connectivity index (χ2v) is 4.27. The summed E-state index contributed by atoms with van der Waals surface area (Å²) in [6.07, 6.45) is 3.70. The van der Waals surface area contributed by atoms with Gasteiger partial charge in [-0.25, -0.2) is 0 Å². The summed E-state index contributed by atoms with van der Waals surface area (Å²) < 4.78 is 0. The summed E-state index contributed by atoms with van der Waals surface area (Å²) in [4.78, 5) is 11.1. The highest BCUT2D eigenvalue weighted by Gasteiger charge is 2.00. The van der Waals surface area contributed by atoms with E-state index >= 15 is 0 Å². The van der Waals surface area contributed by atoms with Crippen LogP contribution in [0.5, 0.6) is 0 Å².